The highest BCUT2D eigenvalue weighted by molar-refractivity contribution is 9.10. The number of thioether (sulfide) groups is 1. The Balaban J connectivity index is 2.05. The Morgan fingerprint density at radius 1 is 1.44 bits per heavy atom. The quantitative estimate of drug-likeness (QED) is 0.758. The molecule has 18 heavy (non-hydrogen) atoms. The topological polar surface area (TPSA) is 28.7 Å². The van der Waals surface area contributed by atoms with Crippen molar-refractivity contribution in [1.82, 2.24) is 9.97 Å². The van der Waals surface area contributed by atoms with Crippen LogP contribution in [-0.4, -0.2) is 15.2 Å². The van der Waals surface area contributed by atoms with E-state index in [2.05, 4.69) is 32.8 Å². The third kappa shape index (κ3) is 3.81. The molecule has 1 aromatic rings. The number of nitrogens with zero attached hydrogens (tertiary/aromatic N) is 1. The van der Waals surface area contributed by atoms with Crippen LogP contribution in [0.4, 0.5) is 0 Å². The molecule has 0 atom stereocenters. The number of nitrogens with one attached hydrogen (secondary N) is 1. The second kappa shape index (κ2) is 7.06. The molecule has 1 aromatic heterocycles. The summed E-state index contributed by atoms with van der Waals surface area (Å²) >= 11 is 10.9. The summed E-state index contributed by atoms with van der Waals surface area (Å²) in [7, 11) is 0. The van der Waals surface area contributed by atoms with Crippen LogP contribution in [-0.2, 0) is 12.2 Å². The molecule has 1 heterocycles. The molecule has 1 saturated carbocycles. The van der Waals surface area contributed by atoms with Gasteiger partial charge in [-0.1, -0.05) is 38.4 Å². The third-order valence-corrected chi connectivity index (χ3v) is 6.04. The van der Waals surface area contributed by atoms with Gasteiger partial charge in [-0.15, -0.1) is 0 Å². The Morgan fingerprint density at radius 3 is 2.83 bits per heavy atom. The maximum atomic E-state index is 5.30. The van der Waals surface area contributed by atoms with Gasteiger partial charge in [-0.3, -0.25) is 0 Å². The van der Waals surface area contributed by atoms with E-state index in [1.165, 1.54) is 31.4 Å². The average Bonchev–Trinajstić information content (AvgIpc) is 2.86. The number of hydrogen-bond acceptors (Lipinski definition) is 3. The first-order valence-electron chi connectivity index (χ1n) is 6.60. The number of hydrogen-bond donors (Lipinski definition) is 1. The molecule has 2 nitrogen and oxygen atoms in total. The van der Waals surface area contributed by atoms with Gasteiger partial charge in [0.25, 0.3) is 0 Å². The van der Waals surface area contributed by atoms with Gasteiger partial charge in [0.2, 0.25) is 0 Å². The largest absolute Gasteiger partial charge is 0.345 e. The van der Waals surface area contributed by atoms with E-state index in [1.807, 2.05) is 11.8 Å². The number of aromatic amines is 1. The molecule has 0 saturated heterocycles. The van der Waals surface area contributed by atoms with Gasteiger partial charge in [0, 0.05) is 10.9 Å². The summed E-state index contributed by atoms with van der Waals surface area (Å²) in [5.41, 5.74) is 1.19. The summed E-state index contributed by atoms with van der Waals surface area (Å²) in [5.74, 6) is 1.99. The van der Waals surface area contributed by atoms with Crippen molar-refractivity contribution in [2.75, 3.05) is 0 Å². The monoisotopic (exact) mass is 346 g/mol. The molecule has 0 unspecified atom stereocenters. The Morgan fingerprint density at radius 2 is 2.17 bits per heavy atom. The Hall–Kier alpha value is 0.130. The van der Waals surface area contributed by atoms with E-state index in [0.29, 0.717) is 4.64 Å². The molecule has 100 valence electrons. The Labute approximate surface area is 126 Å². The zero-order valence-corrected chi connectivity index (χ0v) is 13.9. The summed E-state index contributed by atoms with van der Waals surface area (Å²) in [6, 6.07) is 0. The molecule has 0 aliphatic heterocycles. The second-order valence-electron chi connectivity index (χ2n) is 4.75. The minimum absolute atomic E-state index is 0.694. The second-order valence-corrected chi connectivity index (χ2v) is 7.22. The normalized spacial score (nSPS) is 16.3. The van der Waals surface area contributed by atoms with E-state index in [0.717, 1.165) is 34.1 Å². The highest BCUT2D eigenvalue weighted by atomic mass is 79.9. The van der Waals surface area contributed by atoms with Crippen LogP contribution in [0.1, 0.15) is 50.5 Å². The van der Waals surface area contributed by atoms with Gasteiger partial charge in [-0.05, 0) is 35.2 Å². The van der Waals surface area contributed by atoms with E-state index in [1.54, 1.807) is 0 Å². The summed E-state index contributed by atoms with van der Waals surface area (Å²) in [5, 5.41) is 0.826. The van der Waals surface area contributed by atoms with Gasteiger partial charge in [-0.2, -0.15) is 11.8 Å². The zero-order valence-electron chi connectivity index (χ0n) is 10.7. The minimum atomic E-state index is 0.694. The summed E-state index contributed by atoms with van der Waals surface area (Å²) in [6.45, 7) is 2.18. The smallest absolute Gasteiger partial charge is 0.144 e. The molecule has 0 bridgehead atoms. The molecule has 0 spiro atoms. The van der Waals surface area contributed by atoms with Crippen LogP contribution in [0.5, 0.6) is 0 Å². The standard InChI is InChI=1S/C13H19BrN2S2/c1-2-5-10-12(14)13(17)16-11(15-10)8-18-9-6-3-4-7-9/h9H,2-8H2,1H3,(H,15,16,17). The highest BCUT2D eigenvalue weighted by Crippen LogP contribution is 2.31. The van der Waals surface area contributed by atoms with Gasteiger partial charge in [0.05, 0.1) is 10.2 Å². The van der Waals surface area contributed by atoms with Crippen molar-refractivity contribution in [1.29, 1.82) is 0 Å². The molecule has 1 aliphatic carbocycles. The molecule has 5 heteroatoms. The van der Waals surface area contributed by atoms with E-state index in [4.69, 9.17) is 12.2 Å². The SMILES string of the molecule is CCCc1[nH]c(CSC2CCCC2)nc(=S)c1Br. The lowest BCUT2D eigenvalue weighted by Gasteiger charge is -2.10. The molecule has 0 amide bonds. The molecular weight excluding hydrogens is 328 g/mol. The summed E-state index contributed by atoms with van der Waals surface area (Å²) < 4.78 is 1.66. The molecule has 0 aromatic carbocycles. The fourth-order valence-electron chi connectivity index (χ4n) is 2.30. The van der Waals surface area contributed by atoms with Crippen molar-refractivity contribution < 1.29 is 0 Å². The summed E-state index contributed by atoms with van der Waals surface area (Å²) in [4.78, 5) is 7.90. The number of aryl methyl sites for hydroxylation is 1. The average molecular weight is 347 g/mol. The van der Waals surface area contributed by atoms with Crippen LogP contribution in [0.2, 0.25) is 0 Å². The van der Waals surface area contributed by atoms with E-state index in [-0.39, 0.29) is 0 Å². The summed E-state index contributed by atoms with van der Waals surface area (Å²) in [6.07, 6.45) is 7.65. The van der Waals surface area contributed by atoms with Crippen LogP contribution in [0.3, 0.4) is 0 Å². The lowest BCUT2D eigenvalue weighted by Crippen LogP contribution is -2.03. The van der Waals surface area contributed by atoms with Gasteiger partial charge in [-0.25, -0.2) is 4.98 Å². The van der Waals surface area contributed by atoms with Crippen LogP contribution >= 0.6 is 39.9 Å². The Kier molecular flexibility index (Phi) is 5.70. The van der Waals surface area contributed by atoms with Crippen LogP contribution in [0.15, 0.2) is 4.47 Å². The minimum Gasteiger partial charge on any atom is -0.345 e. The van der Waals surface area contributed by atoms with Crippen LogP contribution in [0.25, 0.3) is 0 Å². The number of H-pyrrole nitrogens is 1. The lowest BCUT2D eigenvalue weighted by molar-refractivity contribution is 0.839. The van der Waals surface area contributed by atoms with Crippen LogP contribution in [0, 0.1) is 4.64 Å². The molecule has 0 radical (unpaired) electrons. The van der Waals surface area contributed by atoms with E-state index >= 15 is 0 Å². The first-order valence-corrected chi connectivity index (χ1v) is 8.85. The lowest BCUT2D eigenvalue weighted by atomic mass is 10.2. The van der Waals surface area contributed by atoms with Crippen molar-refractivity contribution in [3.8, 4) is 0 Å². The van der Waals surface area contributed by atoms with Gasteiger partial charge in [0.1, 0.15) is 10.5 Å². The molecular formula is C13H19BrN2S2. The maximum Gasteiger partial charge on any atom is 0.144 e. The fraction of sp³-hybridized carbons (Fsp3) is 0.692. The highest BCUT2D eigenvalue weighted by Gasteiger charge is 2.16. The van der Waals surface area contributed by atoms with Crippen molar-refractivity contribution in [3.05, 3.63) is 20.6 Å². The maximum absolute atomic E-state index is 5.30. The molecule has 1 aliphatic rings. The number of rotatable bonds is 5. The van der Waals surface area contributed by atoms with Crippen molar-refractivity contribution in [2.24, 2.45) is 0 Å². The molecule has 2 rings (SSSR count). The van der Waals surface area contributed by atoms with Crippen molar-refractivity contribution >= 4 is 39.9 Å². The first kappa shape index (κ1) is 14.5. The van der Waals surface area contributed by atoms with Gasteiger partial charge in [0.15, 0.2) is 0 Å². The number of aromatic nitrogens is 2. The van der Waals surface area contributed by atoms with Gasteiger partial charge < -0.3 is 4.98 Å². The van der Waals surface area contributed by atoms with Crippen molar-refractivity contribution in [2.45, 2.75) is 56.5 Å². The Bertz CT molecular complexity index is 453. The van der Waals surface area contributed by atoms with E-state index in [9.17, 15) is 0 Å². The fourth-order valence-corrected chi connectivity index (χ4v) is 4.12. The predicted octanol–water partition coefficient (Wildman–Crippen LogP) is 5.03. The van der Waals surface area contributed by atoms with E-state index < -0.39 is 0 Å². The zero-order chi connectivity index (χ0) is 13.0. The van der Waals surface area contributed by atoms with Crippen LogP contribution < -0.4 is 0 Å². The molecule has 1 fully saturated rings. The molecule has 1 N–H and O–H groups in total. The number of halogens is 1. The van der Waals surface area contributed by atoms with Crippen molar-refractivity contribution in [3.63, 3.8) is 0 Å². The predicted molar refractivity (Wildman–Crippen MR) is 84.7 cm³/mol. The first-order chi connectivity index (χ1) is 8.70. The van der Waals surface area contributed by atoms with Gasteiger partial charge >= 0.3 is 0 Å². The third-order valence-electron chi connectivity index (χ3n) is 3.24.